The summed E-state index contributed by atoms with van der Waals surface area (Å²) in [6.07, 6.45) is 4.65. The van der Waals surface area contributed by atoms with Crippen molar-refractivity contribution in [1.82, 2.24) is 25.1 Å². The van der Waals surface area contributed by atoms with Crippen molar-refractivity contribution < 1.29 is 0 Å². The van der Waals surface area contributed by atoms with Crippen molar-refractivity contribution in [3.8, 4) is 0 Å². The lowest BCUT2D eigenvalue weighted by molar-refractivity contribution is 0.322. The second kappa shape index (κ2) is 11.8. The zero-order valence-electron chi connectivity index (χ0n) is 22.8. The van der Waals surface area contributed by atoms with Gasteiger partial charge in [-0.15, -0.1) is 0 Å². The third-order valence-electron chi connectivity index (χ3n) is 7.40. The van der Waals surface area contributed by atoms with E-state index in [-0.39, 0.29) is 0 Å². The summed E-state index contributed by atoms with van der Waals surface area (Å²) < 4.78 is 2.11. The van der Waals surface area contributed by atoms with Gasteiger partial charge in [0.1, 0.15) is 5.82 Å². The van der Waals surface area contributed by atoms with E-state index in [1.165, 1.54) is 24.1 Å². The van der Waals surface area contributed by atoms with Gasteiger partial charge in [0.2, 0.25) is 5.95 Å². The second-order valence-electron chi connectivity index (χ2n) is 10.7. The van der Waals surface area contributed by atoms with Gasteiger partial charge < -0.3 is 15.5 Å². The molecule has 198 valence electrons. The van der Waals surface area contributed by atoms with Gasteiger partial charge in [0.15, 0.2) is 0 Å². The Bertz CT molecular complexity index is 1370. The number of hydrogen-bond acceptors (Lipinski definition) is 6. The van der Waals surface area contributed by atoms with Gasteiger partial charge >= 0.3 is 0 Å². The van der Waals surface area contributed by atoms with Crippen molar-refractivity contribution in [2.45, 2.75) is 51.7 Å². The fraction of sp³-hybridized carbons (Fsp3) is 0.387. The van der Waals surface area contributed by atoms with E-state index in [4.69, 9.17) is 15.1 Å². The number of nitrogens with zero attached hydrogens (tertiary/aromatic N) is 5. The molecule has 1 saturated carbocycles. The predicted molar refractivity (Wildman–Crippen MR) is 157 cm³/mol. The van der Waals surface area contributed by atoms with Gasteiger partial charge in [0, 0.05) is 32.1 Å². The van der Waals surface area contributed by atoms with Crippen molar-refractivity contribution in [3.63, 3.8) is 0 Å². The summed E-state index contributed by atoms with van der Waals surface area (Å²) in [6, 6.07) is 21.3. The zero-order chi connectivity index (χ0) is 26.5. The Balaban J connectivity index is 1.14. The smallest absolute Gasteiger partial charge is 0.225 e. The molecule has 0 bridgehead atoms. The van der Waals surface area contributed by atoms with Crippen molar-refractivity contribution in [3.05, 3.63) is 84.2 Å². The topological polar surface area (TPSA) is 70.9 Å². The molecular weight excluding hydrogens is 470 g/mol. The highest BCUT2D eigenvalue weighted by atomic mass is 15.3. The number of rotatable bonds is 10. The van der Waals surface area contributed by atoms with Gasteiger partial charge in [-0.25, -0.2) is 4.98 Å². The molecule has 7 heteroatoms. The molecule has 0 unspecified atom stereocenters. The molecule has 0 aliphatic heterocycles. The molecule has 0 spiro atoms. The largest absolute Gasteiger partial charge is 0.362 e. The number of nitrogens with one attached hydrogen (secondary N) is 2. The Hall–Kier alpha value is -3.71. The standard InChI is InChI=1S/C31H39N7/c1-22(2)29-18-26(38(36-29)21-24-10-6-5-7-11-24)20-32-19-23-14-16-25(17-15-23)33-31-34-28-13-9-8-12-27(28)30(35-31)37(3)4/h5-13,18,23,25,32H,1,14-17,19-21H2,2-4H3,(H,33,34,35)/t23-,25+. The molecule has 2 heterocycles. The summed E-state index contributed by atoms with van der Waals surface area (Å²) in [4.78, 5) is 11.7. The maximum atomic E-state index is 4.83. The van der Waals surface area contributed by atoms with Gasteiger partial charge in [-0.3, -0.25) is 4.68 Å². The zero-order valence-corrected chi connectivity index (χ0v) is 22.8. The molecule has 2 N–H and O–H groups in total. The first-order chi connectivity index (χ1) is 18.5. The van der Waals surface area contributed by atoms with Crippen LogP contribution in [-0.4, -0.2) is 46.4 Å². The van der Waals surface area contributed by atoms with E-state index in [1.54, 1.807) is 0 Å². The van der Waals surface area contributed by atoms with Crippen LogP contribution in [-0.2, 0) is 13.1 Å². The Labute approximate surface area is 226 Å². The number of fused-ring (bicyclic) bond motifs is 1. The predicted octanol–water partition coefficient (Wildman–Crippen LogP) is 5.73. The molecule has 0 atom stereocenters. The molecule has 1 aliphatic carbocycles. The lowest BCUT2D eigenvalue weighted by atomic mass is 9.86. The average Bonchev–Trinajstić information content (AvgIpc) is 3.32. The van der Waals surface area contributed by atoms with Crippen molar-refractivity contribution in [2.24, 2.45) is 5.92 Å². The average molecular weight is 510 g/mol. The minimum atomic E-state index is 0.410. The maximum absolute atomic E-state index is 4.83. The Kier molecular flexibility index (Phi) is 8.03. The molecule has 1 aliphatic rings. The molecule has 2 aromatic heterocycles. The minimum absolute atomic E-state index is 0.410. The van der Waals surface area contributed by atoms with Crippen LogP contribution in [0.2, 0.25) is 0 Å². The van der Waals surface area contributed by atoms with Crippen molar-refractivity contribution in [1.29, 1.82) is 0 Å². The molecule has 0 amide bonds. The van der Waals surface area contributed by atoms with E-state index in [9.17, 15) is 0 Å². The molecule has 38 heavy (non-hydrogen) atoms. The van der Waals surface area contributed by atoms with Gasteiger partial charge in [-0.1, -0.05) is 49.0 Å². The molecule has 4 aromatic rings. The van der Waals surface area contributed by atoms with Crippen LogP contribution in [0.4, 0.5) is 11.8 Å². The van der Waals surface area contributed by atoms with E-state index in [0.717, 1.165) is 66.4 Å². The van der Waals surface area contributed by atoms with Crippen LogP contribution in [0.15, 0.2) is 67.2 Å². The second-order valence-corrected chi connectivity index (χ2v) is 10.7. The number of allylic oxidation sites excluding steroid dienone is 1. The number of benzene rings is 2. The number of hydrogen-bond donors (Lipinski definition) is 2. The molecule has 1 fully saturated rings. The molecule has 7 nitrogen and oxygen atoms in total. The fourth-order valence-electron chi connectivity index (χ4n) is 5.26. The van der Waals surface area contributed by atoms with Gasteiger partial charge in [0.05, 0.1) is 23.4 Å². The van der Waals surface area contributed by atoms with Crippen LogP contribution < -0.4 is 15.5 Å². The van der Waals surface area contributed by atoms with Crippen LogP contribution in [0.1, 0.15) is 49.6 Å². The summed E-state index contributed by atoms with van der Waals surface area (Å²) in [5.41, 5.74) is 5.40. The van der Waals surface area contributed by atoms with E-state index in [2.05, 4.69) is 75.3 Å². The quantitative estimate of drug-likeness (QED) is 0.284. The van der Waals surface area contributed by atoms with Crippen LogP contribution in [0.5, 0.6) is 0 Å². The molecule has 2 aromatic carbocycles. The van der Waals surface area contributed by atoms with Crippen molar-refractivity contribution >= 4 is 28.2 Å². The third-order valence-corrected chi connectivity index (χ3v) is 7.40. The van der Waals surface area contributed by atoms with Crippen LogP contribution in [0.3, 0.4) is 0 Å². The van der Waals surface area contributed by atoms with Crippen LogP contribution in [0, 0.1) is 5.92 Å². The van der Waals surface area contributed by atoms with E-state index < -0.39 is 0 Å². The SMILES string of the molecule is C=C(C)c1cc(CNC[C@H]2CC[C@@H](Nc3nc(N(C)C)c4ccccc4n3)CC2)n(Cc2ccccc2)n1. The summed E-state index contributed by atoms with van der Waals surface area (Å²) in [5, 5.41) is 13.2. The maximum Gasteiger partial charge on any atom is 0.225 e. The molecule has 0 radical (unpaired) electrons. The Morgan fingerprint density at radius 3 is 2.47 bits per heavy atom. The molecule has 0 saturated heterocycles. The molecular formula is C31H39N7. The van der Waals surface area contributed by atoms with Gasteiger partial charge in [0.25, 0.3) is 0 Å². The lowest BCUT2D eigenvalue weighted by Gasteiger charge is -2.29. The Morgan fingerprint density at radius 2 is 1.74 bits per heavy atom. The highest BCUT2D eigenvalue weighted by Crippen LogP contribution is 2.28. The number of anilines is 2. The summed E-state index contributed by atoms with van der Waals surface area (Å²) in [6.45, 7) is 8.71. The van der Waals surface area contributed by atoms with Gasteiger partial charge in [-0.05, 0) is 74.4 Å². The highest BCUT2D eigenvalue weighted by molar-refractivity contribution is 5.90. The fourth-order valence-corrected chi connectivity index (χ4v) is 5.26. The lowest BCUT2D eigenvalue weighted by Crippen LogP contribution is -2.32. The number of aromatic nitrogens is 4. The first kappa shape index (κ1) is 25.9. The van der Waals surface area contributed by atoms with Crippen LogP contribution in [0.25, 0.3) is 16.5 Å². The summed E-state index contributed by atoms with van der Waals surface area (Å²) in [5.74, 6) is 2.36. The summed E-state index contributed by atoms with van der Waals surface area (Å²) in [7, 11) is 4.07. The van der Waals surface area contributed by atoms with E-state index in [1.807, 2.05) is 33.2 Å². The number of para-hydroxylation sites is 1. The van der Waals surface area contributed by atoms with Crippen molar-refractivity contribution in [2.75, 3.05) is 30.9 Å². The van der Waals surface area contributed by atoms with Crippen LogP contribution >= 0.6 is 0 Å². The monoisotopic (exact) mass is 509 g/mol. The Morgan fingerprint density at radius 1 is 1.00 bits per heavy atom. The summed E-state index contributed by atoms with van der Waals surface area (Å²) >= 11 is 0. The van der Waals surface area contributed by atoms with Gasteiger partial charge in [-0.2, -0.15) is 10.1 Å². The van der Waals surface area contributed by atoms with E-state index in [0.29, 0.717) is 12.0 Å². The minimum Gasteiger partial charge on any atom is -0.362 e. The first-order valence-corrected chi connectivity index (χ1v) is 13.6. The third kappa shape index (κ3) is 6.22. The normalized spacial score (nSPS) is 17.4. The first-order valence-electron chi connectivity index (χ1n) is 13.6. The molecule has 5 rings (SSSR count). The van der Waals surface area contributed by atoms with E-state index >= 15 is 0 Å². The highest BCUT2D eigenvalue weighted by Gasteiger charge is 2.22.